The standard InChI is InChI=1S/C30H40NO4/c32-28(30(33,25-11-4-1-5-12-25)26-13-6-2-7-14-26)35-29-17-21-31(22-18-29,23-19-29)20-10-24-34-27-15-8-3-9-16-27/h1,3-5,8-9,11-12,15-16,26,33H,2,6-7,10,13-14,17-24H2/q+1/t29?,30-,31?/m0/s1. The molecule has 0 spiro atoms. The molecule has 3 saturated heterocycles. The van der Waals surface area contributed by atoms with Gasteiger partial charge < -0.3 is 19.1 Å². The summed E-state index contributed by atoms with van der Waals surface area (Å²) in [7, 11) is 0. The minimum Gasteiger partial charge on any atom is -0.493 e. The molecule has 5 nitrogen and oxygen atoms in total. The number of benzene rings is 2. The third kappa shape index (κ3) is 5.12. The first-order valence-corrected chi connectivity index (χ1v) is 13.6. The molecule has 188 valence electrons. The molecule has 3 aliphatic heterocycles. The molecule has 3 heterocycles. The molecule has 0 unspecified atom stereocenters. The topological polar surface area (TPSA) is 55.8 Å². The van der Waals surface area contributed by atoms with Crippen LogP contribution in [0, 0.1) is 5.92 Å². The van der Waals surface area contributed by atoms with E-state index in [1.807, 2.05) is 60.7 Å². The molecule has 6 rings (SSSR count). The Morgan fingerprint density at radius 2 is 1.51 bits per heavy atom. The number of hydrogen-bond donors (Lipinski definition) is 1. The first kappa shape index (κ1) is 24.3. The molecule has 1 saturated carbocycles. The van der Waals surface area contributed by atoms with Gasteiger partial charge in [0, 0.05) is 31.6 Å². The van der Waals surface area contributed by atoms with E-state index in [1.165, 1.54) is 6.42 Å². The zero-order chi connectivity index (χ0) is 24.2. The molecule has 1 atom stereocenters. The lowest BCUT2D eigenvalue weighted by atomic mass is 9.73. The van der Waals surface area contributed by atoms with Gasteiger partial charge in [-0.05, 0) is 30.5 Å². The highest BCUT2D eigenvalue weighted by Gasteiger charge is 2.55. The van der Waals surface area contributed by atoms with Crippen molar-refractivity contribution < 1.29 is 23.9 Å². The molecule has 2 aromatic carbocycles. The lowest BCUT2D eigenvalue weighted by Crippen LogP contribution is -2.66. The average molecular weight is 479 g/mol. The van der Waals surface area contributed by atoms with Crippen molar-refractivity contribution in [1.82, 2.24) is 0 Å². The van der Waals surface area contributed by atoms with E-state index < -0.39 is 17.2 Å². The Morgan fingerprint density at radius 1 is 0.914 bits per heavy atom. The maximum absolute atomic E-state index is 13.7. The molecule has 4 aliphatic rings. The van der Waals surface area contributed by atoms with Crippen molar-refractivity contribution in [3.05, 3.63) is 66.2 Å². The largest absolute Gasteiger partial charge is 0.493 e. The van der Waals surface area contributed by atoms with Gasteiger partial charge in [0.05, 0.1) is 32.8 Å². The number of fused-ring (bicyclic) bond motifs is 3. The number of piperidine rings is 3. The summed E-state index contributed by atoms with van der Waals surface area (Å²) in [5.74, 6) is 0.433. The highest BCUT2D eigenvalue weighted by atomic mass is 16.6. The van der Waals surface area contributed by atoms with E-state index in [0.29, 0.717) is 5.56 Å². The predicted molar refractivity (Wildman–Crippen MR) is 136 cm³/mol. The Kier molecular flexibility index (Phi) is 7.17. The number of carbonyl (C=O) groups is 1. The number of esters is 1. The van der Waals surface area contributed by atoms with Crippen LogP contribution in [-0.4, -0.2) is 53.9 Å². The zero-order valence-electron chi connectivity index (χ0n) is 20.9. The number of rotatable bonds is 9. The summed E-state index contributed by atoms with van der Waals surface area (Å²) in [4.78, 5) is 13.7. The second-order valence-corrected chi connectivity index (χ2v) is 11.0. The summed E-state index contributed by atoms with van der Waals surface area (Å²) in [5.41, 5.74) is -1.29. The van der Waals surface area contributed by atoms with Gasteiger partial charge in [0.25, 0.3) is 0 Å². The lowest BCUT2D eigenvalue weighted by Gasteiger charge is -2.54. The van der Waals surface area contributed by atoms with Crippen LogP contribution in [0.25, 0.3) is 0 Å². The SMILES string of the molecule is O=C(OC12CC[N+](CCCOc3ccccc3)(CC1)CC2)[C@](O)(c1ccccc1)C1CCCCC1. The highest BCUT2D eigenvalue weighted by Crippen LogP contribution is 2.45. The van der Waals surface area contributed by atoms with Gasteiger partial charge in [-0.3, -0.25) is 0 Å². The number of hydrogen-bond acceptors (Lipinski definition) is 4. The van der Waals surface area contributed by atoms with Crippen LogP contribution >= 0.6 is 0 Å². The minimum atomic E-state index is -1.55. The fourth-order valence-electron chi connectivity index (χ4n) is 6.64. The van der Waals surface area contributed by atoms with Gasteiger partial charge in [0.15, 0.2) is 5.60 Å². The Balaban J connectivity index is 1.20. The van der Waals surface area contributed by atoms with E-state index in [-0.39, 0.29) is 5.92 Å². The molecule has 1 aliphatic carbocycles. The van der Waals surface area contributed by atoms with Crippen molar-refractivity contribution >= 4 is 5.97 Å². The second-order valence-electron chi connectivity index (χ2n) is 11.0. The van der Waals surface area contributed by atoms with E-state index in [1.54, 1.807) is 0 Å². The molecule has 2 bridgehead atoms. The van der Waals surface area contributed by atoms with Gasteiger partial charge in [-0.1, -0.05) is 67.8 Å². The number of para-hydroxylation sites is 1. The van der Waals surface area contributed by atoms with Crippen LogP contribution in [0.4, 0.5) is 0 Å². The summed E-state index contributed by atoms with van der Waals surface area (Å²) in [6.07, 6.45) is 8.72. The molecule has 0 radical (unpaired) electrons. The number of quaternary nitrogens is 1. The first-order chi connectivity index (χ1) is 17.0. The Bertz CT molecular complexity index is 948. The first-order valence-electron chi connectivity index (χ1n) is 13.6. The lowest BCUT2D eigenvalue weighted by molar-refractivity contribution is -0.944. The van der Waals surface area contributed by atoms with Crippen LogP contribution in [0.3, 0.4) is 0 Å². The number of carbonyl (C=O) groups excluding carboxylic acids is 1. The Hall–Kier alpha value is -2.37. The van der Waals surface area contributed by atoms with Crippen molar-refractivity contribution in [2.75, 3.05) is 32.8 Å². The highest BCUT2D eigenvalue weighted by molar-refractivity contribution is 5.82. The van der Waals surface area contributed by atoms with Gasteiger partial charge >= 0.3 is 5.97 Å². The number of ether oxygens (including phenoxy) is 2. The van der Waals surface area contributed by atoms with Crippen molar-refractivity contribution in [1.29, 1.82) is 0 Å². The van der Waals surface area contributed by atoms with Gasteiger partial charge in [-0.2, -0.15) is 0 Å². The summed E-state index contributed by atoms with van der Waals surface area (Å²) in [5, 5.41) is 11.9. The molecule has 5 heteroatoms. The molecule has 0 amide bonds. The fourth-order valence-corrected chi connectivity index (χ4v) is 6.64. The van der Waals surface area contributed by atoms with Crippen LogP contribution in [0.15, 0.2) is 60.7 Å². The second kappa shape index (κ2) is 10.3. The molecular weight excluding hydrogens is 438 g/mol. The van der Waals surface area contributed by atoms with Crippen molar-refractivity contribution in [2.24, 2.45) is 5.92 Å². The van der Waals surface area contributed by atoms with Crippen LogP contribution in [0.1, 0.15) is 63.4 Å². The molecule has 35 heavy (non-hydrogen) atoms. The maximum atomic E-state index is 13.7. The van der Waals surface area contributed by atoms with Gasteiger partial charge in [-0.25, -0.2) is 4.79 Å². The van der Waals surface area contributed by atoms with E-state index in [9.17, 15) is 9.90 Å². The van der Waals surface area contributed by atoms with Crippen molar-refractivity contribution in [2.45, 2.75) is 69.0 Å². The van der Waals surface area contributed by atoms with E-state index in [0.717, 1.165) is 94.4 Å². The van der Waals surface area contributed by atoms with Crippen LogP contribution < -0.4 is 4.74 Å². The van der Waals surface area contributed by atoms with Crippen LogP contribution in [-0.2, 0) is 15.1 Å². The summed E-state index contributed by atoms with van der Waals surface area (Å²) < 4.78 is 13.3. The fraction of sp³-hybridized carbons (Fsp3) is 0.567. The molecule has 1 N–H and O–H groups in total. The normalized spacial score (nSPS) is 28.3. The Morgan fingerprint density at radius 3 is 2.14 bits per heavy atom. The third-order valence-corrected chi connectivity index (χ3v) is 8.94. The Labute approximate surface area is 209 Å². The van der Waals surface area contributed by atoms with Crippen LogP contribution in [0.5, 0.6) is 5.75 Å². The van der Waals surface area contributed by atoms with Crippen molar-refractivity contribution in [3.63, 3.8) is 0 Å². The summed E-state index contributed by atoms with van der Waals surface area (Å²) >= 11 is 0. The zero-order valence-corrected chi connectivity index (χ0v) is 20.9. The van der Waals surface area contributed by atoms with Gasteiger partial charge in [0.1, 0.15) is 11.4 Å². The monoisotopic (exact) mass is 478 g/mol. The van der Waals surface area contributed by atoms with Crippen molar-refractivity contribution in [3.8, 4) is 5.75 Å². The predicted octanol–water partition coefficient (Wildman–Crippen LogP) is 5.22. The molecule has 0 aromatic heterocycles. The summed E-state index contributed by atoms with van der Waals surface area (Å²) in [6, 6.07) is 19.5. The average Bonchev–Trinajstić information content (AvgIpc) is 2.93. The maximum Gasteiger partial charge on any atom is 0.343 e. The molecular formula is C30H40NO4+. The van der Waals surface area contributed by atoms with Gasteiger partial charge in [0.2, 0.25) is 0 Å². The van der Waals surface area contributed by atoms with E-state index in [4.69, 9.17) is 9.47 Å². The summed E-state index contributed by atoms with van der Waals surface area (Å²) in [6.45, 7) is 4.94. The number of nitrogens with zero attached hydrogens (tertiary/aromatic N) is 1. The van der Waals surface area contributed by atoms with Crippen LogP contribution in [0.2, 0.25) is 0 Å². The smallest absolute Gasteiger partial charge is 0.343 e. The number of aliphatic hydroxyl groups is 1. The third-order valence-electron chi connectivity index (χ3n) is 8.94. The van der Waals surface area contributed by atoms with E-state index in [2.05, 4.69) is 0 Å². The van der Waals surface area contributed by atoms with E-state index >= 15 is 0 Å². The quantitative estimate of drug-likeness (QED) is 0.305. The molecule has 4 fully saturated rings. The van der Waals surface area contributed by atoms with Gasteiger partial charge in [-0.15, -0.1) is 0 Å². The molecule has 2 aromatic rings. The minimum absolute atomic E-state index is 0.0748.